The smallest absolute Gasteiger partial charge is 0.00637 e. The Balaban J connectivity index is 2.20. The summed E-state index contributed by atoms with van der Waals surface area (Å²) in [4.78, 5) is 0. The van der Waals surface area contributed by atoms with E-state index in [1.54, 1.807) is 0 Å². The van der Waals surface area contributed by atoms with Crippen LogP contribution in [0.3, 0.4) is 0 Å². The van der Waals surface area contributed by atoms with Crippen molar-refractivity contribution < 1.29 is 0 Å². The fourth-order valence-corrected chi connectivity index (χ4v) is 6.75. The lowest BCUT2D eigenvalue weighted by molar-refractivity contribution is 0.702. The van der Waals surface area contributed by atoms with Crippen molar-refractivity contribution in [2.24, 2.45) is 0 Å². The summed E-state index contributed by atoms with van der Waals surface area (Å²) in [6.07, 6.45) is 1.20. The molecular formula is C22H31P. The van der Waals surface area contributed by atoms with Crippen LogP contribution in [0.15, 0.2) is 48.5 Å². The summed E-state index contributed by atoms with van der Waals surface area (Å²) in [5, 5.41) is 0.756. The fraction of sp³-hybridized carbons (Fsp3) is 0.455. The molecule has 0 aliphatic carbocycles. The number of hydrogen-bond acceptors (Lipinski definition) is 0. The third-order valence-corrected chi connectivity index (χ3v) is 8.22. The molecule has 2 aromatic rings. The highest BCUT2D eigenvalue weighted by molar-refractivity contribution is 7.60. The normalized spacial score (nSPS) is 12.7. The lowest BCUT2D eigenvalue weighted by Gasteiger charge is -2.41. The van der Waals surface area contributed by atoms with Crippen LogP contribution >= 0.6 is 7.92 Å². The highest BCUT2D eigenvalue weighted by Crippen LogP contribution is 2.61. The zero-order valence-corrected chi connectivity index (χ0v) is 16.7. The molecule has 0 atom stereocenters. The Hall–Kier alpha value is -1.13. The second-order valence-corrected chi connectivity index (χ2v) is 12.3. The quantitative estimate of drug-likeness (QED) is 0.521. The second kappa shape index (κ2) is 6.78. The van der Waals surface area contributed by atoms with E-state index in [0.717, 1.165) is 0 Å². The van der Waals surface area contributed by atoms with Gasteiger partial charge in [0.05, 0.1) is 0 Å². The molecular weight excluding hydrogens is 295 g/mol. The molecule has 0 N–H and O–H groups in total. The van der Waals surface area contributed by atoms with Crippen molar-refractivity contribution in [1.29, 1.82) is 0 Å². The third-order valence-electron chi connectivity index (χ3n) is 4.30. The lowest BCUT2D eigenvalue weighted by Crippen LogP contribution is -2.25. The highest BCUT2D eigenvalue weighted by Gasteiger charge is 2.33. The van der Waals surface area contributed by atoms with Crippen LogP contribution in [-0.2, 0) is 6.16 Å². The van der Waals surface area contributed by atoms with E-state index in [1.165, 1.54) is 28.4 Å². The topological polar surface area (TPSA) is 0 Å². The van der Waals surface area contributed by atoms with Crippen LogP contribution in [-0.4, -0.2) is 10.3 Å². The van der Waals surface area contributed by atoms with Gasteiger partial charge in [0.1, 0.15) is 0 Å². The van der Waals surface area contributed by atoms with Gasteiger partial charge in [-0.15, -0.1) is 0 Å². The molecule has 0 spiro atoms. The largest absolute Gasteiger partial charge is 0.0911 e. The first-order valence-electron chi connectivity index (χ1n) is 8.51. The number of rotatable bonds is 3. The molecule has 23 heavy (non-hydrogen) atoms. The number of aryl methyl sites for hydroxylation is 1. The van der Waals surface area contributed by atoms with Crippen LogP contribution in [0.4, 0.5) is 0 Å². The van der Waals surface area contributed by atoms with E-state index < -0.39 is 0 Å². The number of hydrogen-bond donors (Lipinski definition) is 0. The van der Waals surface area contributed by atoms with Gasteiger partial charge in [-0.25, -0.2) is 0 Å². The van der Waals surface area contributed by atoms with Gasteiger partial charge >= 0.3 is 0 Å². The summed E-state index contributed by atoms with van der Waals surface area (Å²) in [7, 11) is -0.0872. The van der Waals surface area contributed by atoms with Crippen molar-refractivity contribution in [3.05, 3.63) is 59.7 Å². The van der Waals surface area contributed by atoms with Gasteiger partial charge in [-0.1, -0.05) is 104 Å². The first kappa shape index (κ1) is 18.2. The first-order valence-corrected chi connectivity index (χ1v) is 10.0. The minimum atomic E-state index is -0.0872. The molecule has 0 aromatic heterocycles. The van der Waals surface area contributed by atoms with E-state index in [9.17, 15) is 0 Å². The average molecular weight is 326 g/mol. The summed E-state index contributed by atoms with van der Waals surface area (Å²) in [5.41, 5.74) is 5.39. The molecule has 0 bridgehead atoms. The molecule has 124 valence electrons. The van der Waals surface area contributed by atoms with Crippen LogP contribution in [0.25, 0.3) is 11.1 Å². The molecule has 0 unspecified atom stereocenters. The molecule has 0 heterocycles. The van der Waals surface area contributed by atoms with Crippen molar-refractivity contribution in [2.75, 3.05) is 0 Å². The predicted octanol–water partition coefficient (Wildman–Crippen LogP) is 7.24. The molecule has 2 aromatic carbocycles. The molecule has 0 radical (unpaired) electrons. The fourth-order valence-electron chi connectivity index (χ4n) is 3.21. The van der Waals surface area contributed by atoms with Gasteiger partial charge in [-0.2, -0.15) is 0 Å². The SMILES string of the molecule is Cc1ccc(-c2ccc(CP(C(C)(C)C)C(C)(C)C)cc2)cc1. The molecule has 0 saturated heterocycles. The van der Waals surface area contributed by atoms with Gasteiger partial charge < -0.3 is 0 Å². The van der Waals surface area contributed by atoms with Crippen LogP contribution < -0.4 is 0 Å². The molecule has 0 saturated carbocycles. The second-order valence-electron chi connectivity index (χ2n) is 8.49. The van der Waals surface area contributed by atoms with Gasteiger partial charge in [-0.3, -0.25) is 0 Å². The minimum Gasteiger partial charge on any atom is -0.0911 e. The Morgan fingerprint density at radius 1 is 0.652 bits per heavy atom. The maximum atomic E-state index is 2.39. The van der Waals surface area contributed by atoms with E-state index in [4.69, 9.17) is 0 Å². The number of benzene rings is 2. The zero-order chi connectivity index (χ0) is 17.3. The summed E-state index contributed by atoms with van der Waals surface area (Å²) >= 11 is 0. The van der Waals surface area contributed by atoms with Gasteiger partial charge in [-0.05, 0) is 40.1 Å². The molecule has 0 nitrogen and oxygen atoms in total. The van der Waals surface area contributed by atoms with E-state index in [2.05, 4.69) is 97.0 Å². The maximum Gasteiger partial charge on any atom is -0.00637 e. The predicted molar refractivity (Wildman–Crippen MR) is 107 cm³/mol. The summed E-state index contributed by atoms with van der Waals surface area (Å²) in [6, 6.07) is 18.0. The summed E-state index contributed by atoms with van der Waals surface area (Å²) in [6.45, 7) is 16.5. The Bertz CT molecular complexity index is 608. The standard InChI is InChI=1S/C22H31P/c1-17-8-12-19(13-9-17)20-14-10-18(11-15-20)16-23(21(2,3)4)22(5,6)7/h8-15H,16H2,1-7H3. The van der Waals surface area contributed by atoms with Crippen molar-refractivity contribution >= 4 is 7.92 Å². The van der Waals surface area contributed by atoms with Crippen LogP contribution in [0.2, 0.25) is 0 Å². The Morgan fingerprint density at radius 3 is 1.43 bits per heavy atom. The van der Waals surface area contributed by atoms with Crippen LogP contribution in [0, 0.1) is 6.92 Å². The lowest BCUT2D eigenvalue weighted by atomic mass is 10.0. The van der Waals surface area contributed by atoms with Gasteiger partial charge in [0.2, 0.25) is 0 Å². The van der Waals surface area contributed by atoms with E-state index in [-0.39, 0.29) is 7.92 Å². The van der Waals surface area contributed by atoms with E-state index in [0.29, 0.717) is 10.3 Å². The average Bonchev–Trinajstić information content (AvgIpc) is 2.44. The van der Waals surface area contributed by atoms with Gasteiger partial charge in [0.15, 0.2) is 0 Å². The summed E-state index contributed by atoms with van der Waals surface area (Å²) in [5.74, 6) is 0. The molecule has 1 heteroatoms. The maximum absolute atomic E-state index is 2.39. The van der Waals surface area contributed by atoms with Crippen molar-refractivity contribution in [3.8, 4) is 11.1 Å². The third kappa shape index (κ3) is 4.92. The molecule has 0 aliphatic heterocycles. The van der Waals surface area contributed by atoms with E-state index >= 15 is 0 Å². The summed E-state index contributed by atoms with van der Waals surface area (Å²) < 4.78 is 0. The monoisotopic (exact) mass is 326 g/mol. The molecule has 0 amide bonds. The minimum absolute atomic E-state index is 0.0872. The molecule has 0 aliphatic rings. The first-order chi connectivity index (χ1) is 10.6. The Labute approximate surface area is 144 Å². The highest BCUT2D eigenvalue weighted by atomic mass is 31.1. The van der Waals surface area contributed by atoms with E-state index in [1.807, 2.05) is 0 Å². The van der Waals surface area contributed by atoms with Crippen molar-refractivity contribution in [2.45, 2.75) is 64.9 Å². The Kier molecular flexibility index (Phi) is 5.37. The zero-order valence-electron chi connectivity index (χ0n) is 15.8. The van der Waals surface area contributed by atoms with Gasteiger partial charge in [0, 0.05) is 0 Å². The van der Waals surface area contributed by atoms with Gasteiger partial charge in [0.25, 0.3) is 0 Å². The Morgan fingerprint density at radius 2 is 1.04 bits per heavy atom. The van der Waals surface area contributed by atoms with Crippen molar-refractivity contribution in [1.82, 2.24) is 0 Å². The van der Waals surface area contributed by atoms with Crippen LogP contribution in [0.1, 0.15) is 52.7 Å². The molecule has 2 rings (SSSR count). The van der Waals surface area contributed by atoms with Crippen molar-refractivity contribution in [3.63, 3.8) is 0 Å². The molecule has 0 fully saturated rings. The van der Waals surface area contributed by atoms with Crippen LogP contribution in [0.5, 0.6) is 0 Å².